The van der Waals surface area contributed by atoms with Gasteiger partial charge in [0.2, 0.25) is 5.91 Å². The lowest BCUT2D eigenvalue weighted by atomic mass is 10.1. The molecule has 4 nitrogen and oxygen atoms in total. The normalized spacial score (nSPS) is 20.5. The maximum atomic E-state index is 11.5. The van der Waals surface area contributed by atoms with Gasteiger partial charge in [0.05, 0.1) is 12.6 Å². The molecule has 2 rings (SSSR count). The Hall–Kier alpha value is -1.55. The Morgan fingerprint density at radius 1 is 1.35 bits per heavy atom. The Kier molecular flexibility index (Phi) is 3.98. The van der Waals surface area contributed by atoms with E-state index in [0.717, 1.165) is 24.4 Å². The van der Waals surface area contributed by atoms with Crippen molar-refractivity contribution in [3.05, 3.63) is 29.8 Å². The molecule has 1 amide bonds. The zero-order chi connectivity index (χ0) is 12.1. The molecule has 0 radical (unpaired) electrons. The third-order valence-corrected chi connectivity index (χ3v) is 2.81. The van der Waals surface area contributed by atoms with Gasteiger partial charge in [-0.25, -0.2) is 0 Å². The first kappa shape index (κ1) is 11.9. The van der Waals surface area contributed by atoms with Gasteiger partial charge in [0.1, 0.15) is 5.75 Å². The molecule has 1 unspecified atom stereocenters. The van der Waals surface area contributed by atoms with Crippen LogP contribution in [0.5, 0.6) is 5.75 Å². The fraction of sp³-hybridized carbons (Fsp3) is 0.462. The fourth-order valence-corrected chi connectivity index (χ4v) is 1.93. The number of hydrogen-bond donors (Lipinski definition) is 2. The fourth-order valence-electron chi connectivity index (χ4n) is 1.93. The van der Waals surface area contributed by atoms with E-state index in [4.69, 9.17) is 4.74 Å². The van der Waals surface area contributed by atoms with Gasteiger partial charge in [-0.05, 0) is 24.6 Å². The first-order valence-electron chi connectivity index (χ1n) is 6.02. The quantitative estimate of drug-likeness (QED) is 0.827. The minimum absolute atomic E-state index is 0.0562. The van der Waals surface area contributed by atoms with E-state index in [1.807, 2.05) is 31.2 Å². The van der Waals surface area contributed by atoms with Crippen LogP contribution in [0.4, 0.5) is 0 Å². The molecular formula is C13H18N2O2. The highest BCUT2D eigenvalue weighted by Gasteiger charge is 2.17. The molecule has 0 aromatic heterocycles. The van der Waals surface area contributed by atoms with Crippen LogP contribution in [0.1, 0.15) is 24.9 Å². The lowest BCUT2D eigenvalue weighted by Gasteiger charge is -2.16. The van der Waals surface area contributed by atoms with Crippen molar-refractivity contribution < 1.29 is 9.53 Å². The van der Waals surface area contributed by atoms with Crippen molar-refractivity contribution in [3.63, 3.8) is 0 Å². The maximum absolute atomic E-state index is 11.5. The van der Waals surface area contributed by atoms with Gasteiger partial charge < -0.3 is 15.4 Å². The van der Waals surface area contributed by atoms with Crippen LogP contribution in [-0.2, 0) is 4.79 Å². The molecule has 1 saturated heterocycles. The van der Waals surface area contributed by atoms with Crippen LogP contribution in [0, 0.1) is 0 Å². The Labute approximate surface area is 101 Å². The predicted molar refractivity (Wildman–Crippen MR) is 66.0 cm³/mol. The highest BCUT2D eigenvalue weighted by atomic mass is 16.5. The van der Waals surface area contributed by atoms with Crippen LogP contribution >= 0.6 is 0 Å². The summed E-state index contributed by atoms with van der Waals surface area (Å²) in [5.74, 6) is 0.970. The molecule has 1 fully saturated rings. The number of ether oxygens (including phenoxy) is 1. The van der Waals surface area contributed by atoms with Crippen LogP contribution in [0.15, 0.2) is 24.3 Å². The molecule has 1 aromatic rings. The Balaban J connectivity index is 2.07. The van der Waals surface area contributed by atoms with Crippen LogP contribution in [-0.4, -0.2) is 25.6 Å². The van der Waals surface area contributed by atoms with Gasteiger partial charge in [-0.3, -0.25) is 4.79 Å². The van der Waals surface area contributed by atoms with Crippen molar-refractivity contribution in [2.45, 2.75) is 19.4 Å². The molecule has 1 heterocycles. The van der Waals surface area contributed by atoms with E-state index in [2.05, 4.69) is 10.6 Å². The first-order chi connectivity index (χ1) is 8.29. The molecule has 17 heavy (non-hydrogen) atoms. The summed E-state index contributed by atoms with van der Waals surface area (Å²) in [6, 6.07) is 7.94. The molecule has 0 saturated carbocycles. The summed E-state index contributed by atoms with van der Waals surface area (Å²) in [6.07, 6.45) is 0.549. The number of carbonyl (C=O) groups is 1. The third-order valence-electron chi connectivity index (χ3n) is 2.81. The van der Waals surface area contributed by atoms with Crippen LogP contribution in [0.3, 0.4) is 0 Å². The molecule has 1 aliphatic heterocycles. The van der Waals surface area contributed by atoms with Gasteiger partial charge in [-0.15, -0.1) is 0 Å². The van der Waals surface area contributed by atoms with Gasteiger partial charge in [0, 0.05) is 19.5 Å². The van der Waals surface area contributed by atoms with Crippen LogP contribution in [0.25, 0.3) is 0 Å². The van der Waals surface area contributed by atoms with Gasteiger partial charge in [0.25, 0.3) is 0 Å². The lowest BCUT2D eigenvalue weighted by Crippen LogP contribution is -2.30. The van der Waals surface area contributed by atoms with E-state index < -0.39 is 0 Å². The SMILES string of the molecule is CCOc1ccc(C2CNCCC(=O)N2)cc1. The Morgan fingerprint density at radius 3 is 2.82 bits per heavy atom. The molecule has 1 atom stereocenters. The van der Waals surface area contributed by atoms with Crippen molar-refractivity contribution in [3.8, 4) is 5.75 Å². The second-order valence-corrected chi connectivity index (χ2v) is 4.08. The number of amides is 1. The monoisotopic (exact) mass is 234 g/mol. The average molecular weight is 234 g/mol. The molecule has 2 N–H and O–H groups in total. The molecule has 1 aromatic carbocycles. The van der Waals surface area contributed by atoms with Crippen molar-refractivity contribution in [2.24, 2.45) is 0 Å². The van der Waals surface area contributed by atoms with Gasteiger partial charge >= 0.3 is 0 Å². The molecule has 0 spiro atoms. The van der Waals surface area contributed by atoms with Gasteiger partial charge in [-0.2, -0.15) is 0 Å². The van der Waals surface area contributed by atoms with E-state index >= 15 is 0 Å². The summed E-state index contributed by atoms with van der Waals surface area (Å²) in [5, 5.41) is 6.26. The van der Waals surface area contributed by atoms with Crippen LogP contribution in [0.2, 0.25) is 0 Å². The van der Waals surface area contributed by atoms with Crippen molar-refractivity contribution in [2.75, 3.05) is 19.7 Å². The van der Waals surface area contributed by atoms with Crippen LogP contribution < -0.4 is 15.4 Å². The minimum Gasteiger partial charge on any atom is -0.494 e. The summed E-state index contributed by atoms with van der Waals surface area (Å²) >= 11 is 0. The van der Waals surface area contributed by atoms with E-state index in [1.54, 1.807) is 0 Å². The summed E-state index contributed by atoms with van der Waals surface area (Å²) < 4.78 is 5.39. The zero-order valence-electron chi connectivity index (χ0n) is 10.0. The zero-order valence-corrected chi connectivity index (χ0v) is 10.0. The molecule has 0 aliphatic carbocycles. The highest BCUT2D eigenvalue weighted by Crippen LogP contribution is 2.18. The molecule has 4 heteroatoms. The largest absolute Gasteiger partial charge is 0.494 e. The number of hydrogen-bond acceptors (Lipinski definition) is 3. The second kappa shape index (κ2) is 5.68. The molecule has 1 aliphatic rings. The highest BCUT2D eigenvalue weighted by molar-refractivity contribution is 5.77. The summed E-state index contributed by atoms with van der Waals surface area (Å²) in [7, 11) is 0. The summed E-state index contributed by atoms with van der Waals surface area (Å²) in [5.41, 5.74) is 1.11. The number of nitrogens with one attached hydrogen (secondary N) is 2. The smallest absolute Gasteiger partial charge is 0.221 e. The van der Waals surface area contributed by atoms with E-state index in [9.17, 15) is 4.79 Å². The Morgan fingerprint density at radius 2 is 2.12 bits per heavy atom. The minimum atomic E-state index is 0.0562. The molecule has 92 valence electrons. The second-order valence-electron chi connectivity index (χ2n) is 4.08. The van der Waals surface area contributed by atoms with Gasteiger partial charge in [-0.1, -0.05) is 12.1 Å². The molecular weight excluding hydrogens is 216 g/mol. The average Bonchev–Trinajstić information content (AvgIpc) is 2.55. The third kappa shape index (κ3) is 3.20. The standard InChI is InChI=1S/C13H18N2O2/c1-2-17-11-5-3-10(4-6-11)12-9-14-8-7-13(16)15-12/h3-6,12,14H,2,7-9H2,1H3,(H,15,16). The number of carbonyl (C=O) groups excluding carboxylic acids is 1. The summed E-state index contributed by atoms with van der Waals surface area (Å²) in [6.45, 7) is 4.16. The van der Waals surface area contributed by atoms with Crippen molar-refractivity contribution >= 4 is 5.91 Å². The van der Waals surface area contributed by atoms with Crippen molar-refractivity contribution in [1.29, 1.82) is 0 Å². The van der Waals surface area contributed by atoms with E-state index in [1.165, 1.54) is 0 Å². The van der Waals surface area contributed by atoms with E-state index in [0.29, 0.717) is 13.0 Å². The Bertz CT molecular complexity index is 376. The summed E-state index contributed by atoms with van der Waals surface area (Å²) in [4.78, 5) is 11.5. The first-order valence-corrected chi connectivity index (χ1v) is 6.02. The molecule has 0 bridgehead atoms. The van der Waals surface area contributed by atoms with Crippen molar-refractivity contribution in [1.82, 2.24) is 10.6 Å². The topological polar surface area (TPSA) is 50.4 Å². The predicted octanol–water partition coefficient (Wildman–Crippen LogP) is 1.24. The van der Waals surface area contributed by atoms with Gasteiger partial charge in [0.15, 0.2) is 0 Å². The number of rotatable bonds is 3. The lowest BCUT2D eigenvalue weighted by molar-refractivity contribution is -0.121. The number of benzene rings is 1. The maximum Gasteiger partial charge on any atom is 0.221 e. The van der Waals surface area contributed by atoms with E-state index in [-0.39, 0.29) is 11.9 Å².